The summed E-state index contributed by atoms with van der Waals surface area (Å²) in [5, 5.41) is 5.42. The van der Waals surface area contributed by atoms with Crippen LogP contribution in [-0.2, 0) is 11.2 Å². The summed E-state index contributed by atoms with van der Waals surface area (Å²) < 4.78 is 11.4. The van der Waals surface area contributed by atoms with Crippen LogP contribution in [0.1, 0.15) is 15.9 Å². The van der Waals surface area contributed by atoms with Crippen LogP contribution in [0.4, 0.5) is 0 Å². The number of hydrogen-bond acceptors (Lipinski definition) is 4. The molecule has 0 radical (unpaired) electrons. The van der Waals surface area contributed by atoms with Gasteiger partial charge in [0.1, 0.15) is 11.5 Å². The fraction of sp³-hybridized carbons (Fsp3) is 0.263. The number of nitrogens with one attached hydrogen (secondary N) is 2. The van der Waals surface area contributed by atoms with Crippen molar-refractivity contribution in [3.05, 3.63) is 57.2 Å². The molecule has 26 heavy (non-hydrogen) atoms. The monoisotopic (exact) mass is 468 g/mol. The van der Waals surface area contributed by atoms with Crippen LogP contribution in [0.2, 0.25) is 0 Å². The van der Waals surface area contributed by atoms with Crippen molar-refractivity contribution in [2.45, 2.75) is 6.42 Å². The molecule has 0 saturated carbocycles. The lowest BCUT2D eigenvalue weighted by molar-refractivity contribution is -0.120. The molecule has 0 saturated heterocycles. The Morgan fingerprint density at radius 3 is 2.50 bits per heavy atom. The van der Waals surface area contributed by atoms with Crippen LogP contribution in [0.25, 0.3) is 0 Å². The average molecular weight is 468 g/mol. The van der Waals surface area contributed by atoms with Crippen LogP contribution in [0.5, 0.6) is 11.5 Å². The van der Waals surface area contributed by atoms with E-state index in [1.165, 1.54) is 0 Å². The molecule has 0 aliphatic heterocycles. The van der Waals surface area contributed by atoms with E-state index in [0.717, 1.165) is 20.6 Å². The Bertz CT molecular complexity index is 780. The molecule has 0 heterocycles. The summed E-state index contributed by atoms with van der Waals surface area (Å²) >= 11 is 2.09. The highest BCUT2D eigenvalue weighted by Crippen LogP contribution is 2.24. The van der Waals surface area contributed by atoms with Gasteiger partial charge in [0.2, 0.25) is 5.91 Å². The van der Waals surface area contributed by atoms with Gasteiger partial charge in [-0.1, -0.05) is 12.1 Å². The Morgan fingerprint density at radius 1 is 1.04 bits per heavy atom. The molecule has 0 atom stereocenters. The molecule has 0 aliphatic rings. The summed E-state index contributed by atoms with van der Waals surface area (Å²) in [6, 6.07) is 12.8. The molecule has 2 rings (SSSR count). The largest absolute Gasteiger partial charge is 0.497 e. The van der Waals surface area contributed by atoms with E-state index in [9.17, 15) is 9.59 Å². The number of amides is 2. The Hall–Kier alpha value is -2.29. The minimum atomic E-state index is -0.264. The third-order valence-corrected chi connectivity index (χ3v) is 4.67. The molecule has 2 aromatic carbocycles. The standard InChI is InChI=1S/C19H21IN2O4/c1-25-14-7-8-17(26-2)13(11-14)9-10-21-18(23)12-22-19(24)15-5-3-4-6-16(15)20/h3-8,11H,9-10,12H2,1-2H3,(H,21,23)(H,22,24). The number of carbonyl (C=O) groups is 2. The second kappa shape index (κ2) is 10.0. The first kappa shape index (κ1) is 20.0. The van der Waals surface area contributed by atoms with Gasteiger partial charge in [0.25, 0.3) is 5.91 Å². The van der Waals surface area contributed by atoms with Gasteiger partial charge in [0.15, 0.2) is 0 Å². The zero-order valence-electron chi connectivity index (χ0n) is 14.7. The van der Waals surface area contributed by atoms with E-state index in [-0.39, 0.29) is 18.4 Å². The van der Waals surface area contributed by atoms with Crippen molar-refractivity contribution in [2.24, 2.45) is 0 Å². The molecule has 0 aromatic heterocycles. The fourth-order valence-corrected chi connectivity index (χ4v) is 3.01. The van der Waals surface area contributed by atoms with Crippen LogP contribution >= 0.6 is 22.6 Å². The van der Waals surface area contributed by atoms with Gasteiger partial charge >= 0.3 is 0 Å². The Labute approximate surface area is 166 Å². The molecule has 2 amide bonds. The molecule has 2 aromatic rings. The normalized spacial score (nSPS) is 10.1. The summed E-state index contributed by atoms with van der Waals surface area (Å²) in [4.78, 5) is 24.0. The maximum atomic E-state index is 12.1. The van der Waals surface area contributed by atoms with Gasteiger partial charge in [0, 0.05) is 10.1 Å². The second-order valence-corrected chi connectivity index (χ2v) is 6.60. The smallest absolute Gasteiger partial charge is 0.252 e. The van der Waals surface area contributed by atoms with E-state index >= 15 is 0 Å². The van der Waals surface area contributed by atoms with Crippen LogP contribution in [0, 0.1) is 3.57 Å². The topological polar surface area (TPSA) is 76.7 Å². The van der Waals surface area contributed by atoms with Crippen molar-refractivity contribution in [3.8, 4) is 11.5 Å². The first-order chi connectivity index (χ1) is 12.5. The highest BCUT2D eigenvalue weighted by molar-refractivity contribution is 14.1. The quantitative estimate of drug-likeness (QED) is 0.584. The molecule has 0 aliphatic carbocycles. The number of rotatable bonds is 8. The summed E-state index contributed by atoms with van der Waals surface area (Å²) in [6.07, 6.45) is 0.594. The lowest BCUT2D eigenvalue weighted by atomic mass is 10.1. The predicted octanol–water partition coefficient (Wildman–Crippen LogP) is 2.40. The molecule has 0 spiro atoms. The fourth-order valence-electron chi connectivity index (χ4n) is 2.38. The number of benzene rings is 2. The zero-order chi connectivity index (χ0) is 18.9. The van der Waals surface area contributed by atoms with Crippen molar-refractivity contribution < 1.29 is 19.1 Å². The number of ether oxygens (including phenoxy) is 2. The van der Waals surface area contributed by atoms with E-state index < -0.39 is 0 Å². The lowest BCUT2D eigenvalue weighted by Gasteiger charge is -2.11. The Morgan fingerprint density at radius 2 is 1.81 bits per heavy atom. The van der Waals surface area contributed by atoms with Gasteiger partial charge in [-0.2, -0.15) is 0 Å². The molecule has 0 fully saturated rings. The van der Waals surface area contributed by atoms with Crippen molar-refractivity contribution in [1.29, 1.82) is 0 Å². The van der Waals surface area contributed by atoms with Gasteiger partial charge < -0.3 is 20.1 Å². The van der Waals surface area contributed by atoms with E-state index in [0.29, 0.717) is 18.5 Å². The third kappa shape index (κ3) is 5.62. The van der Waals surface area contributed by atoms with Gasteiger partial charge in [-0.3, -0.25) is 9.59 Å². The first-order valence-electron chi connectivity index (χ1n) is 8.05. The second-order valence-electron chi connectivity index (χ2n) is 5.44. The molecular weight excluding hydrogens is 447 g/mol. The maximum absolute atomic E-state index is 12.1. The van der Waals surface area contributed by atoms with Crippen LogP contribution < -0.4 is 20.1 Å². The molecule has 6 nitrogen and oxygen atoms in total. The number of carbonyl (C=O) groups excluding carboxylic acids is 2. The summed E-state index contributed by atoms with van der Waals surface area (Å²) in [5.74, 6) is 0.967. The van der Waals surface area contributed by atoms with Crippen molar-refractivity contribution >= 4 is 34.4 Å². The zero-order valence-corrected chi connectivity index (χ0v) is 16.8. The number of halogens is 1. The highest BCUT2D eigenvalue weighted by atomic mass is 127. The van der Waals surface area contributed by atoms with Crippen molar-refractivity contribution in [1.82, 2.24) is 10.6 Å². The van der Waals surface area contributed by atoms with Gasteiger partial charge in [-0.05, 0) is 64.9 Å². The Kier molecular flexibility index (Phi) is 7.71. The third-order valence-electron chi connectivity index (χ3n) is 3.73. The minimum Gasteiger partial charge on any atom is -0.497 e. The van der Waals surface area contributed by atoms with Crippen LogP contribution in [0.3, 0.4) is 0 Å². The molecule has 7 heteroatoms. The van der Waals surface area contributed by atoms with E-state index in [1.54, 1.807) is 26.4 Å². The minimum absolute atomic E-state index is 0.0704. The lowest BCUT2D eigenvalue weighted by Crippen LogP contribution is -2.37. The van der Waals surface area contributed by atoms with Crippen molar-refractivity contribution in [3.63, 3.8) is 0 Å². The molecule has 2 N–H and O–H groups in total. The molecule has 0 bridgehead atoms. The van der Waals surface area contributed by atoms with Crippen molar-refractivity contribution in [2.75, 3.05) is 27.3 Å². The predicted molar refractivity (Wildman–Crippen MR) is 108 cm³/mol. The van der Waals surface area contributed by atoms with Crippen LogP contribution in [-0.4, -0.2) is 39.1 Å². The van der Waals surface area contributed by atoms with Crippen LogP contribution in [0.15, 0.2) is 42.5 Å². The summed E-state index contributed by atoms with van der Waals surface area (Å²) in [6.45, 7) is 0.361. The highest BCUT2D eigenvalue weighted by Gasteiger charge is 2.11. The molecule has 0 unspecified atom stereocenters. The summed E-state index contributed by atoms with van der Waals surface area (Å²) in [7, 11) is 3.20. The van der Waals surface area contributed by atoms with E-state index in [4.69, 9.17) is 9.47 Å². The van der Waals surface area contributed by atoms with Gasteiger partial charge in [-0.15, -0.1) is 0 Å². The SMILES string of the molecule is COc1ccc(OC)c(CCNC(=O)CNC(=O)c2ccccc2I)c1. The number of methoxy groups -OCH3 is 2. The summed E-state index contributed by atoms with van der Waals surface area (Å²) in [5.41, 5.74) is 1.50. The average Bonchev–Trinajstić information content (AvgIpc) is 2.66. The first-order valence-corrected chi connectivity index (χ1v) is 9.13. The molecule has 138 valence electrons. The van der Waals surface area contributed by atoms with E-state index in [1.807, 2.05) is 30.3 Å². The van der Waals surface area contributed by atoms with Gasteiger partial charge in [-0.25, -0.2) is 0 Å². The van der Waals surface area contributed by atoms with E-state index in [2.05, 4.69) is 33.2 Å². The number of hydrogen-bond donors (Lipinski definition) is 2. The van der Waals surface area contributed by atoms with Gasteiger partial charge in [0.05, 0.1) is 26.3 Å². The maximum Gasteiger partial charge on any atom is 0.252 e. The molecular formula is C19H21IN2O4. The Balaban J connectivity index is 1.81.